The van der Waals surface area contributed by atoms with Gasteiger partial charge >= 0.3 is 0 Å². The lowest BCUT2D eigenvalue weighted by molar-refractivity contribution is -0.132. The Morgan fingerprint density at radius 1 is 1.41 bits per heavy atom. The first-order valence-electron chi connectivity index (χ1n) is 7.13. The average Bonchev–Trinajstić information content (AvgIpc) is 2.75. The zero-order chi connectivity index (χ0) is 15.5. The minimum atomic E-state index is -0.696. The molecule has 22 heavy (non-hydrogen) atoms. The van der Waals surface area contributed by atoms with E-state index in [1.807, 2.05) is 6.07 Å². The number of carbonyl (C=O) groups is 1. The van der Waals surface area contributed by atoms with Crippen LogP contribution < -0.4 is 5.56 Å². The van der Waals surface area contributed by atoms with Crippen molar-refractivity contribution in [2.45, 2.75) is 12.6 Å². The Balaban J connectivity index is 1.82. The lowest BCUT2D eigenvalue weighted by Gasteiger charge is -2.21. The van der Waals surface area contributed by atoms with E-state index >= 15 is 0 Å². The zero-order valence-electron chi connectivity index (χ0n) is 12.0. The third-order valence-corrected chi connectivity index (χ3v) is 3.64. The molecule has 1 N–H and O–H groups in total. The van der Waals surface area contributed by atoms with Crippen molar-refractivity contribution in [1.29, 1.82) is 0 Å². The smallest absolute Gasteiger partial charge is 0.261 e. The number of aliphatic hydroxyl groups excluding tert-OH is 1. The summed E-state index contributed by atoms with van der Waals surface area (Å²) in [6.45, 7) is 1.14. The van der Waals surface area contributed by atoms with Gasteiger partial charge in [0.25, 0.3) is 5.56 Å². The summed E-state index contributed by atoms with van der Waals surface area (Å²) in [4.78, 5) is 30.4. The minimum absolute atomic E-state index is 0.0939. The summed E-state index contributed by atoms with van der Waals surface area (Å²) >= 11 is 0. The molecule has 0 radical (unpaired) electrons. The predicted octanol–water partition coefficient (Wildman–Crippen LogP) is -0.384. The molecule has 116 valence electrons. The number of carbonyl (C=O) groups excluding carboxylic acids is 1. The molecule has 7 heteroatoms. The molecule has 7 nitrogen and oxygen atoms in total. The number of rotatable bonds is 2. The molecule has 1 aromatic carbocycles. The summed E-state index contributed by atoms with van der Waals surface area (Å²) in [6, 6.07) is 7.02. The molecule has 1 unspecified atom stereocenters. The van der Waals surface area contributed by atoms with Crippen LogP contribution in [0.5, 0.6) is 0 Å². The number of hydrogen-bond acceptors (Lipinski definition) is 5. The second kappa shape index (κ2) is 6.25. The van der Waals surface area contributed by atoms with Crippen molar-refractivity contribution in [3.63, 3.8) is 0 Å². The van der Waals surface area contributed by atoms with Crippen molar-refractivity contribution < 1.29 is 14.6 Å². The predicted molar refractivity (Wildman–Crippen MR) is 79.4 cm³/mol. The molecule has 2 heterocycles. The molecule has 1 amide bonds. The number of para-hydroxylation sites is 1. The van der Waals surface area contributed by atoms with Crippen LogP contribution in [0.2, 0.25) is 0 Å². The van der Waals surface area contributed by atoms with Gasteiger partial charge in [0.2, 0.25) is 5.91 Å². The average molecular weight is 303 g/mol. The Hall–Kier alpha value is -2.25. The molecule has 1 aliphatic rings. The Kier molecular flexibility index (Phi) is 4.17. The fraction of sp³-hybridized carbons (Fsp3) is 0.400. The van der Waals surface area contributed by atoms with Crippen LogP contribution in [0.3, 0.4) is 0 Å². The van der Waals surface area contributed by atoms with E-state index in [4.69, 9.17) is 4.74 Å². The number of nitrogens with zero attached hydrogens (tertiary/aromatic N) is 3. The fourth-order valence-electron chi connectivity index (χ4n) is 2.48. The van der Waals surface area contributed by atoms with E-state index in [9.17, 15) is 14.7 Å². The van der Waals surface area contributed by atoms with Gasteiger partial charge in [-0.25, -0.2) is 4.98 Å². The number of benzene rings is 1. The van der Waals surface area contributed by atoms with Crippen molar-refractivity contribution in [3.05, 3.63) is 40.9 Å². The monoisotopic (exact) mass is 303 g/mol. The topological polar surface area (TPSA) is 84.7 Å². The highest BCUT2D eigenvalue weighted by atomic mass is 16.5. The van der Waals surface area contributed by atoms with E-state index in [2.05, 4.69) is 4.98 Å². The zero-order valence-corrected chi connectivity index (χ0v) is 12.0. The molecule has 0 spiro atoms. The second-order valence-corrected chi connectivity index (χ2v) is 5.26. The SMILES string of the molecule is O=C(Cn1cnc2ccccc2c1=O)N1CCOCC(O)C1. The summed E-state index contributed by atoms with van der Waals surface area (Å²) in [5.74, 6) is -0.233. The third-order valence-electron chi connectivity index (χ3n) is 3.64. The molecule has 1 atom stereocenters. The number of β-amino-alcohol motifs (C(OH)–C–C–N with tert-alkyl or cyclic N) is 1. The molecule has 1 aromatic heterocycles. The Morgan fingerprint density at radius 3 is 3.09 bits per heavy atom. The summed E-state index contributed by atoms with van der Waals surface area (Å²) in [5.41, 5.74) is 0.361. The highest BCUT2D eigenvalue weighted by Gasteiger charge is 2.21. The molecule has 0 saturated carbocycles. The Labute approximate surface area is 126 Å². The maximum atomic E-state index is 12.4. The number of aromatic nitrogens is 2. The number of hydrogen-bond donors (Lipinski definition) is 1. The summed E-state index contributed by atoms with van der Waals surface area (Å²) in [7, 11) is 0. The van der Waals surface area contributed by atoms with Gasteiger partial charge in [0, 0.05) is 13.1 Å². The minimum Gasteiger partial charge on any atom is -0.389 e. The van der Waals surface area contributed by atoms with Crippen molar-refractivity contribution in [2.24, 2.45) is 0 Å². The number of fused-ring (bicyclic) bond motifs is 1. The van der Waals surface area contributed by atoms with Crippen molar-refractivity contribution >= 4 is 16.8 Å². The van der Waals surface area contributed by atoms with E-state index in [1.165, 1.54) is 15.8 Å². The number of aliphatic hydroxyl groups is 1. The van der Waals surface area contributed by atoms with Gasteiger partial charge in [-0.2, -0.15) is 0 Å². The molecule has 1 fully saturated rings. The van der Waals surface area contributed by atoms with E-state index < -0.39 is 6.10 Å². The first kappa shape index (κ1) is 14.7. The van der Waals surface area contributed by atoms with Crippen LogP contribution in [0.1, 0.15) is 0 Å². The van der Waals surface area contributed by atoms with Gasteiger partial charge in [0.15, 0.2) is 0 Å². The maximum Gasteiger partial charge on any atom is 0.261 e. The van der Waals surface area contributed by atoms with Crippen LogP contribution in [0.15, 0.2) is 35.4 Å². The van der Waals surface area contributed by atoms with Crippen LogP contribution in [0.4, 0.5) is 0 Å². The molecular formula is C15H17N3O4. The summed E-state index contributed by atoms with van der Waals surface area (Å²) in [6.07, 6.45) is 0.686. The number of amides is 1. The summed E-state index contributed by atoms with van der Waals surface area (Å²) in [5, 5.41) is 10.2. The van der Waals surface area contributed by atoms with E-state index in [0.717, 1.165) is 0 Å². The van der Waals surface area contributed by atoms with Gasteiger partial charge in [-0.05, 0) is 12.1 Å². The molecule has 2 aromatic rings. The maximum absolute atomic E-state index is 12.4. The van der Waals surface area contributed by atoms with Gasteiger partial charge in [0.05, 0.1) is 36.5 Å². The Bertz CT molecular complexity index is 743. The van der Waals surface area contributed by atoms with Crippen molar-refractivity contribution in [1.82, 2.24) is 14.5 Å². The first-order chi connectivity index (χ1) is 10.6. The van der Waals surface area contributed by atoms with Crippen LogP contribution in [0.25, 0.3) is 10.9 Å². The van der Waals surface area contributed by atoms with E-state index in [1.54, 1.807) is 18.2 Å². The lowest BCUT2D eigenvalue weighted by atomic mass is 10.2. The van der Waals surface area contributed by atoms with Crippen molar-refractivity contribution in [2.75, 3.05) is 26.3 Å². The summed E-state index contributed by atoms with van der Waals surface area (Å²) < 4.78 is 6.49. The van der Waals surface area contributed by atoms with Crippen LogP contribution >= 0.6 is 0 Å². The molecule has 0 bridgehead atoms. The number of ether oxygens (including phenoxy) is 1. The standard InChI is InChI=1S/C15H17N3O4/c19-11-7-17(5-6-22-9-11)14(20)8-18-10-16-13-4-2-1-3-12(13)15(18)21/h1-4,10-11,19H,5-9H2. The van der Waals surface area contributed by atoms with Gasteiger partial charge in [-0.15, -0.1) is 0 Å². The van der Waals surface area contributed by atoms with E-state index in [0.29, 0.717) is 24.1 Å². The molecule has 0 aliphatic carbocycles. The quantitative estimate of drug-likeness (QED) is 0.817. The van der Waals surface area contributed by atoms with Crippen LogP contribution in [0, 0.1) is 0 Å². The first-order valence-corrected chi connectivity index (χ1v) is 7.13. The molecule has 1 aliphatic heterocycles. The normalized spacial score (nSPS) is 19.1. The third kappa shape index (κ3) is 3.00. The Morgan fingerprint density at radius 2 is 2.23 bits per heavy atom. The fourth-order valence-corrected chi connectivity index (χ4v) is 2.48. The second-order valence-electron chi connectivity index (χ2n) is 5.26. The molecule has 3 rings (SSSR count). The van der Waals surface area contributed by atoms with Crippen LogP contribution in [-0.4, -0.2) is 57.9 Å². The van der Waals surface area contributed by atoms with Gasteiger partial charge in [-0.1, -0.05) is 12.1 Å². The van der Waals surface area contributed by atoms with E-state index in [-0.39, 0.29) is 31.2 Å². The highest BCUT2D eigenvalue weighted by Crippen LogP contribution is 2.06. The molecular weight excluding hydrogens is 286 g/mol. The highest BCUT2D eigenvalue weighted by molar-refractivity contribution is 5.79. The molecule has 1 saturated heterocycles. The van der Waals surface area contributed by atoms with Gasteiger partial charge in [0.1, 0.15) is 6.54 Å². The largest absolute Gasteiger partial charge is 0.389 e. The van der Waals surface area contributed by atoms with Gasteiger partial charge < -0.3 is 14.7 Å². The lowest BCUT2D eigenvalue weighted by Crippen LogP contribution is -2.41. The van der Waals surface area contributed by atoms with Gasteiger partial charge in [-0.3, -0.25) is 14.2 Å². The van der Waals surface area contributed by atoms with Crippen molar-refractivity contribution in [3.8, 4) is 0 Å². The van der Waals surface area contributed by atoms with Crippen LogP contribution in [-0.2, 0) is 16.1 Å².